The molecule has 1 aromatic carbocycles. The lowest BCUT2D eigenvalue weighted by atomic mass is 9.66. The van der Waals surface area contributed by atoms with Crippen molar-refractivity contribution in [2.24, 2.45) is 17.3 Å². The average Bonchev–Trinajstić information content (AvgIpc) is 3.65. The van der Waals surface area contributed by atoms with Crippen molar-refractivity contribution in [1.29, 1.82) is 0 Å². The second kappa shape index (κ2) is 15.1. The fourth-order valence-corrected chi connectivity index (χ4v) is 7.57. The average molecular weight is 616 g/mol. The van der Waals surface area contributed by atoms with Gasteiger partial charge in [-0.25, -0.2) is 4.79 Å². The van der Waals surface area contributed by atoms with Crippen LogP contribution >= 0.6 is 0 Å². The molecule has 43 heavy (non-hydrogen) atoms. The molecule has 6 nitrogen and oxygen atoms in total. The van der Waals surface area contributed by atoms with E-state index < -0.39 is 14.4 Å². The molecule has 0 bridgehead atoms. The van der Waals surface area contributed by atoms with Gasteiger partial charge >= 0.3 is 6.09 Å². The van der Waals surface area contributed by atoms with E-state index in [9.17, 15) is 4.79 Å². The summed E-state index contributed by atoms with van der Waals surface area (Å²) in [5, 5.41) is 3.07. The third kappa shape index (κ3) is 10.4. The Morgan fingerprint density at radius 3 is 2.33 bits per heavy atom. The largest absolute Gasteiger partial charge is 0.441 e. The van der Waals surface area contributed by atoms with Crippen molar-refractivity contribution in [1.82, 2.24) is 0 Å². The molecular weight excluding hydrogens is 554 g/mol. The predicted molar refractivity (Wildman–Crippen MR) is 180 cm³/mol. The number of amides is 1. The van der Waals surface area contributed by atoms with Gasteiger partial charge < -0.3 is 18.6 Å². The van der Waals surface area contributed by atoms with E-state index in [2.05, 4.69) is 73.0 Å². The highest BCUT2D eigenvalue weighted by atomic mass is 28.4. The van der Waals surface area contributed by atoms with E-state index in [4.69, 9.17) is 18.6 Å². The summed E-state index contributed by atoms with van der Waals surface area (Å²) >= 11 is 0. The Kier molecular flexibility index (Phi) is 12.5. The third-order valence-corrected chi connectivity index (χ3v) is 14.7. The summed E-state index contributed by atoms with van der Waals surface area (Å²) in [6.45, 7) is 20.8. The molecule has 4 unspecified atom stereocenters. The number of para-hydroxylation sites is 1. The summed E-state index contributed by atoms with van der Waals surface area (Å²) in [6, 6.07) is 9.51. The van der Waals surface area contributed by atoms with Gasteiger partial charge in [-0.1, -0.05) is 78.2 Å². The normalized spacial score (nSPS) is 26.8. The Morgan fingerprint density at radius 1 is 1.09 bits per heavy atom. The molecule has 0 saturated heterocycles. The van der Waals surface area contributed by atoms with Gasteiger partial charge in [0.15, 0.2) is 8.32 Å². The Morgan fingerprint density at radius 2 is 1.74 bits per heavy atom. The molecule has 1 aromatic rings. The van der Waals surface area contributed by atoms with Crippen molar-refractivity contribution in [2.75, 3.05) is 19.2 Å². The number of rotatable bonds is 11. The lowest BCUT2D eigenvalue weighted by Crippen LogP contribution is -2.49. The zero-order valence-electron chi connectivity index (χ0n) is 28.9. The van der Waals surface area contributed by atoms with Crippen molar-refractivity contribution in [3.8, 4) is 0 Å². The zero-order valence-corrected chi connectivity index (χ0v) is 29.9. The van der Waals surface area contributed by atoms with Gasteiger partial charge in [-0.15, -0.1) is 0 Å². The molecule has 7 heteroatoms. The molecule has 3 aliphatic carbocycles. The van der Waals surface area contributed by atoms with Gasteiger partial charge in [0, 0.05) is 18.9 Å². The molecule has 0 aliphatic heterocycles. The van der Waals surface area contributed by atoms with Crippen molar-refractivity contribution in [3.63, 3.8) is 0 Å². The summed E-state index contributed by atoms with van der Waals surface area (Å²) in [7, 11) is -0.288. The summed E-state index contributed by atoms with van der Waals surface area (Å²) in [5.41, 5.74) is 1.74. The molecule has 0 radical (unpaired) electrons. The number of allylic oxidation sites excluding steroid dienone is 1. The van der Waals surface area contributed by atoms with Crippen LogP contribution in [0.4, 0.5) is 10.5 Å². The Balaban J connectivity index is 0.00000116. The van der Waals surface area contributed by atoms with Crippen LogP contribution in [-0.4, -0.2) is 46.1 Å². The van der Waals surface area contributed by atoms with Crippen LogP contribution < -0.4 is 5.32 Å². The number of anilines is 1. The number of carbonyl (C=O) groups is 1. The minimum absolute atomic E-state index is 0.0367. The molecule has 0 spiro atoms. The minimum Gasteiger partial charge on any atom is -0.441 e. The number of hydrogen-bond donors (Lipinski definition) is 1. The van der Waals surface area contributed by atoms with E-state index in [1.54, 1.807) is 7.11 Å². The number of hydrogen-bond acceptors (Lipinski definition) is 5. The highest BCUT2D eigenvalue weighted by molar-refractivity contribution is 6.74. The Bertz CT molecular complexity index is 1050. The first-order valence-corrected chi connectivity index (χ1v) is 19.5. The number of carbonyl (C=O) groups excluding carboxylic acids is 1. The van der Waals surface area contributed by atoms with E-state index in [1.807, 2.05) is 30.3 Å². The molecule has 1 amide bonds. The molecule has 244 valence electrons. The van der Waals surface area contributed by atoms with Gasteiger partial charge in [0.2, 0.25) is 0 Å². The molecular formula is C36H61NO5Si. The molecule has 4 atom stereocenters. The van der Waals surface area contributed by atoms with E-state index in [0.717, 1.165) is 56.6 Å². The fourth-order valence-electron chi connectivity index (χ4n) is 6.18. The molecule has 4 rings (SSSR count). The summed E-state index contributed by atoms with van der Waals surface area (Å²) in [4.78, 5) is 13.0. The Hall–Kier alpha value is -1.67. The van der Waals surface area contributed by atoms with E-state index in [1.165, 1.54) is 18.4 Å². The minimum atomic E-state index is -1.94. The number of benzene rings is 1. The maximum absolute atomic E-state index is 13.0. The van der Waals surface area contributed by atoms with Gasteiger partial charge in [0.05, 0.1) is 5.60 Å². The van der Waals surface area contributed by atoms with Crippen LogP contribution in [0.2, 0.25) is 18.1 Å². The summed E-state index contributed by atoms with van der Waals surface area (Å²) < 4.78 is 24.2. The van der Waals surface area contributed by atoms with Crippen LogP contribution in [0.25, 0.3) is 0 Å². The van der Waals surface area contributed by atoms with Crippen LogP contribution in [0, 0.1) is 17.3 Å². The summed E-state index contributed by atoms with van der Waals surface area (Å²) in [5.74, 6) is 1.42. The first-order chi connectivity index (χ1) is 20.1. The predicted octanol–water partition coefficient (Wildman–Crippen LogP) is 10.1. The first-order valence-electron chi connectivity index (χ1n) is 16.6. The highest BCUT2D eigenvalue weighted by Gasteiger charge is 2.55. The fraction of sp³-hybridized carbons (Fsp3) is 0.750. The number of unbranched alkanes of at least 4 members (excludes halogenated alkanes) is 1. The van der Waals surface area contributed by atoms with Crippen molar-refractivity contribution < 1.29 is 23.4 Å². The topological polar surface area (TPSA) is 66.0 Å². The van der Waals surface area contributed by atoms with Crippen molar-refractivity contribution >= 4 is 20.1 Å². The summed E-state index contributed by atoms with van der Waals surface area (Å²) in [6.07, 6.45) is 11.9. The van der Waals surface area contributed by atoms with Gasteiger partial charge in [-0.05, 0) is 105 Å². The molecule has 0 aromatic heterocycles. The van der Waals surface area contributed by atoms with Gasteiger partial charge in [-0.3, -0.25) is 5.32 Å². The van der Waals surface area contributed by atoms with E-state index in [0.29, 0.717) is 12.7 Å². The maximum atomic E-state index is 13.0. The van der Waals surface area contributed by atoms with Crippen LogP contribution in [0.3, 0.4) is 0 Å². The lowest BCUT2D eigenvalue weighted by molar-refractivity contribution is -0.117. The number of nitrogens with one attached hydrogen (secondary N) is 1. The molecule has 3 saturated carbocycles. The number of ether oxygens (including phenoxy) is 3. The number of methoxy groups -OCH3 is 1. The van der Waals surface area contributed by atoms with Crippen molar-refractivity contribution in [2.45, 2.75) is 142 Å². The monoisotopic (exact) mass is 615 g/mol. The van der Waals surface area contributed by atoms with Gasteiger partial charge in [0.25, 0.3) is 0 Å². The van der Waals surface area contributed by atoms with Crippen LogP contribution in [0.5, 0.6) is 0 Å². The first kappa shape index (κ1) is 35.8. The Labute approximate surface area is 263 Å². The van der Waals surface area contributed by atoms with Crippen LogP contribution in [-0.2, 0) is 18.6 Å². The standard InChI is InChI=1S/C32H53NO5Si.C4H8/c1-30(2,3)39(8,9)38-27-19-15-21-32(6)25(18-13-14-20-31(4,5)36-23-35-7)28(22-26(27)32)37-29(34)33-24-16-11-10-12-17-24;1-4-2-3-4/h10-12,16-18,26-28H,13-15,19-23H2,1-9H3,(H,33,34);4H,2-3H2,1H3/b25-18+;. The molecule has 3 aliphatic rings. The maximum Gasteiger partial charge on any atom is 0.412 e. The highest BCUT2D eigenvalue weighted by Crippen LogP contribution is 2.58. The molecule has 3 fully saturated rings. The second-order valence-electron chi connectivity index (χ2n) is 15.5. The number of fused-ring (bicyclic) bond motifs is 1. The van der Waals surface area contributed by atoms with Gasteiger partial charge in [-0.2, -0.15) is 0 Å². The van der Waals surface area contributed by atoms with Crippen LogP contribution in [0.1, 0.15) is 106 Å². The zero-order chi connectivity index (χ0) is 31.9. The molecule has 0 heterocycles. The SMILES string of the molecule is CC1CC1.COCOC(C)(C)CCC/C=C1\C(OC(=O)Nc2ccccc2)CC2C(O[Si](C)(C)C(C)(C)C)CCCC12C. The van der Waals surface area contributed by atoms with Gasteiger partial charge in [0.1, 0.15) is 12.9 Å². The quantitative estimate of drug-likeness (QED) is 0.116. The van der Waals surface area contributed by atoms with Crippen molar-refractivity contribution in [3.05, 3.63) is 42.0 Å². The second-order valence-corrected chi connectivity index (χ2v) is 20.3. The smallest absolute Gasteiger partial charge is 0.412 e. The van der Waals surface area contributed by atoms with Crippen LogP contribution in [0.15, 0.2) is 42.0 Å². The van der Waals surface area contributed by atoms with E-state index in [-0.39, 0.29) is 28.3 Å². The lowest BCUT2D eigenvalue weighted by Gasteiger charge is -2.47. The third-order valence-electron chi connectivity index (χ3n) is 10.2. The molecule has 1 N–H and O–H groups in total. The van der Waals surface area contributed by atoms with E-state index >= 15 is 0 Å².